The standard InChI is InChI=1S/C13H23NO5S/c1-4-13(2,3)12(18)19-7-9(15)5-14-6-10(11(16)17)20-8-14/h9-10,15H,4-8H2,1-3H3,(H,16,17). The van der Waals surface area contributed by atoms with Gasteiger partial charge >= 0.3 is 11.9 Å². The Hall–Kier alpha value is -0.790. The molecule has 0 bridgehead atoms. The summed E-state index contributed by atoms with van der Waals surface area (Å²) in [5.74, 6) is -0.580. The lowest BCUT2D eigenvalue weighted by Crippen LogP contribution is -2.37. The van der Waals surface area contributed by atoms with E-state index in [0.29, 0.717) is 25.4 Å². The maximum Gasteiger partial charge on any atom is 0.317 e. The molecule has 116 valence electrons. The molecular formula is C13H23NO5S. The summed E-state index contributed by atoms with van der Waals surface area (Å²) in [6.45, 7) is 6.18. The van der Waals surface area contributed by atoms with Gasteiger partial charge < -0.3 is 14.9 Å². The van der Waals surface area contributed by atoms with Crippen molar-refractivity contribution >= 4 is 23.7 Å². The third-order valence-electron chi connectivity index (χ3n) is 3.47. The molecule has 2 atom stereocenters. The summed E-state index contributed by atoms with van der Waals surface area (Å²) >= 11 is 1.34. The molecule has 1 rings (SSSR count). The molecule has 0 aromatic carbocycles. The second-order valence-corrected chi connectivity index (χ2v) is 6.81. The zero-order chi connectivity index (χ0) is 15.3. The molecule has 1 fully saturated rings. The van der Waals surface area contributed by atoms with Gasteiger partial charge in [0.05, 0.1) is 5.41 Å². The predicted octanol–water partition coefficient (Wildman–Crippen LogP) is 0.786. The minimum absolute atomic E-state index is 0.0544. The van der Waals surface area contributed by atoms with E-state index in [9.17, 15) is 14.7 Å². The van der Waals surface area contributed by atoms with Gasteiger partial charge in [-0.15, -0.1) is 11.8 Å². The van der Waals surface area contributed by atoms with Crippen LogP contribution < -0.4 is 0 Å². The smallest absolute Gasteiger partial charge is 0.317 e. The number of carboxylic acid groups (broad SMARTS) is 1. The van der Waals surface area contributed by atoms with Crippen molar-refractivity contribution in [2.24, 2.45) is 5.41 Å². The zero-order valence-corrected chi connectivity index (χ0v) is 13.0. The molecule has 2 N–H and O–H groups in total. The molecule has 20 heavy (non-hydrogen) atoms. The fraction of sp³-hybridized carbons (Fsp3) is 0.846. The number of β-amino-alcohol motifs (C(OH)–C–C–N with tert-alkyl or cyclic N) is 1. The summed E-state index contributed by atoms with van der Waals surface area (Å²) in [5, 5.41) is 18.3. The van der Waals surface area contributed by atoms with Gasteiger partial charge in [0.1, 0.15) is 18.0 Å². The topological polar surface area (TPSA) is 87.1 Å². The average Bonchev–Trinajstić information content (AvgIpc) is 2.84. The number of aliphatic hydroxyl groups excluding tert-OH is 1. The number of rotatable bonds is 7. The van der Waals surface area contributed by atoms with E-state index in [4.69, 9.17) is 9.84 Å². The largest absolute Gasteiger partial charge is 0.480 e. The first kappa shape index (κ1) is 17.3. The number of aliphatic carboxylic acids is 1. The van der Waals surface area contributed by atoms with Crippen LogP contribution in [0.15, 0.2) is 0 Å². The van der Waals surface area contributed by atoms with Gasteiger partial charge in [0.25, 0.3) is 0 Å². The number of thioether (sulfide) groups is 1. The number of hydrogen-bond donors (Lipinski definition) is 2. The number of carbonyl (C=O) groups excluding carboxylic acids is 1. The Kier molecular flexibility index (Phi) is 6.29. The number of aliphatic hydroxyl groups is 1. The summed E-state index contributed by atoms with van der Waals surface area (Å²) in [6, 6.07) is 0. The molecule has 0 amide bonds. The molecule has 0 saturated carbocycles. The van der Waals surface area contributed by atoms with Crippen LogP contribution in [0.5, 0.6) is 0 Å². The maximum atomic E-state index is 11.8. The van der Waals surface area contributed by atoms with Crippen molar-refractivity contribution in [3.05, 3.63) is 0 Å². The van der Waals surface area contributed by atoms with Gasteiger partial charge in [-0.05, 0) is 20.3 Å². The van der Waals surface area contributed by atoms with Crippen molar-refractivity contribution in [3.63, 3.8) is 0 Å². The van der Waals surface area contributed by atoms with Crippen LogP contribution in [0, 0.1) is 5.41 Å². The van der Waals surface area contributed by atoms with Crippen LogP contribution in [-0.2, 0) is 14.3 Å². The van der Waals surface area contributed by atoms with Crippen molar-refractivity contribution in [3.8, 4) is 0 Å². The van der Waals surface area contributed by atoms with E-state index in [0.717, 1.165) is 0 Å². The van der Waals surface area contributed by atoms with Gasteiger partial charge in [-0.2, -0.15) is 0 Å². The highest BCUT2D eigenvalue weighted by molar-refractivity contribution is 8.00. The number of nitrogens with zero attached hydrogens (tertiary/aromatic N) is 1. The summed E-state index contributed by atoms with van der Waals surface area (Å²) in [5.41, 5.74) is -0.544. The first-order valence-electron chi connectivity index (χ1n) is 6.68. The fourth-order valence-electron chi connectivity index (χ4n) is 1.67. The molecule has 0 spiro atoms. The Morgan fingerprint density at radius 1 is 1.50 bits per heavy atom. The minimum atomic E-state index is -0.830. The van der Waals surface area contributed by atoms with Gasteiger partial charge in [-0.25, -0.2) is 0 Å². The average molecular weight is 305 g/mol. The number of ether oxygens (including phenoxy) is 1. The van der Waals surface area contributed by atoms with E-state index in [-0.39, 0.29) is 12.6 Å². The zero-order valence-electron chi connectivity index (χ0n) is 12.2. The second-order valence-electron chi connectivity index (χ2n) is 5.65. The lowest BCUT2D eigenvalue weighted by Gasteiger charge is -2.23. The first-order chi connectivity index (χ1) is 9.26. The van der Waals surface area contributed by atoms with Crippen LogP contribution in [0.2, 0.25) is 0 Å². The van der Waals surface area contributed by atoms with E-state index in [1.807, 2.05) is 11.8 Å². The molecule has 7 heteroatoms. The molecule has 0 aromatic rings. The summed E-state index contributed by atoms with van der Waals surface area (Å²) in [7, 11) is 0. The monoisotopic (exact) mass is 305 g/mol. The van der Waals surface area contributed by atoms with Crippen LogP contribution in [0.1, 0.15) is 27.2 Å². The molecule has 1 aliphatic rings. The van der Waals surface area contributed by atoms with E-state index < -0.39 is 22.7 Å². The molecule has 2 unspecified atom stereocenters. The van der Waals surface area contributed by atoms with Gasteiger partial charge in [0.15, 0.2) is 0 Å². The highest BCUT2D eigenvalue weighted by Crippen LogP contribution is 2.23. The lowest BCUT2D eigenvalue weighted by molar-refractivity contribution is -0.157. The predicted molar refractivity (Wildman–Crippen MR) is 76.5 cm³/mol. The molecule has 0 aromatic heterocycles. The molecule has 0 aliphatic carbocycles. The first-order valence-corrected chi connectivity index (χ1v) is 7.73. The molecule has 1 aliphatic heterocycles. The number of esters is 1. The summed E-state index contributed by atoms with van der Waals surface area (Å²) in [4.78, 5) is 24.4. The summed E-state index contributed by atoms with van der Waals surface area (Å²) in [6.07, 6.45) is -0.120. The molecule has 1 saturated heterocycles. The third-order valence-corrected chi connectivity index (χ3v) is 4.74. The van der Waals surface area contributed by atoms with Gasteiger partial charge in [-0.1, -0.05) is 6.92 Å². The molecule has 1 heterocycles. The highest BCUT2D eigenvalue weighted by atomic mass is 32.2. The Bertz CT molecular complexity index is 361. The van der Waals surface area contributed by atoms with Crippen LogP contribution >= 0.6 is 11.8 Å². The van der Waals surface area contributed by atoms with Gasteiger partial charge in [0, 0.05) is 19.0 Å². The van der Waals surface area contributed by atoms with Gasteiger partial charge in [0.2, 0.25) is 0 Å². The molecular weight excluding hydrogens is 282 g/mol. The SMILES string of the molecule is CCC(C)(C)C(=O)OCC(O)CN1CSC(C(=O)O)C1. The van der Waals surface area contributed by atoms with Crippen molar-refractivity contribution < 1.29 is 24.5 Å². The number of hydrogen-bond acceptors (Lipinski definition) is 6. The highest BCUT2D eigenvalue weighted by Gasteiger charge is 2.31. The Labute approximate surface area is 123 Å². The molecule has 0 radical (unpaired) electrons. The quantitative estimate of drug-likeness (QED) is 0.672. The van der Waals surface area contributed by atoms with Crippen LogP contribution in [0.4, 0.5) is 0 Å². The van der Waals surface area contributed by atoms with E-state index in [1.54, 1.807) is 13.8 Å². The molecule has 6 nitrogen and oxygen atoms in total. The van der Waals surface area contributed by atoms with E-state index >= 15 is 0 Å². The normalized spacial score (nSPS) is 21.7. The van der Waals surface area contributed by atoms with Crippen LogP contribution in [-0.4, -0.2) is 64.0 Å². The second kappa shape index (κ2) is 7.28. The van der Waals surface area contributed by atoms with Crippen molar-refractivity contribution in [1.29, 1.82) is 0 Å². The number of carboxylic acids is 1. The van der Waals surface area contributed by atoms with Crippen molar-refractivity contribution in [2.45, 2.75) is 38.5 Å². The Morgan fingerprint density at radius 3 is 2.65 bits per heavy atom. The maximum absolute atomic E-state index is 11.8. The Balaban J connectivity index is 2.29. The van der Waals surface area contributed by atoms with Crippen LogP contribution in [0.3, 0.4) is 0 Å². The third kappa shape index (κ3) is 4.96. The Morgan fingerprint density at radius 2 is 2.15 bits per heavy atom. The van der Waals surface area contributed by atoms with Gasteiger partial charge in [-0.3, -0.25) is 14.5 Å². The van der Waals surface area contributed by atoms with Crippen LogP contribution in [0.25, 0.3) is 0 Å². The van der Waals surface area contributed by atoms with Crippen molar-refractivity contribution in [1.82, 2.24) is 4.90 Å². The number of carbonyl (C=O) groups is 2. The summed E-state index contributed by atoms with van der Waals surface area (Å²) < 4.78 is 5.11. The lowest BCUT2D eigenvalue weighted by atomic mass is 9.91. The fourth-order valence-corrected chi connectivity index (χ4v) is 2.73. The minimum Gasteiger partial charge on any atom is -0.480 e. The van der Waals surface area contributed by atoms with Crippen molar-refractivity contribution in [2.75, 3.05) is 25.6 Å². The van der Waals surface area contributed by atoms with E-state index in [2.05, 4.69) is 0 Å². The van der Waals surface area contributed by atoms with E-state index in [1.165, 1.54) is 11.8 Å².